The number of hydrogen-bond acceptors (Lipinski definition) is 2. The van der Waals surface area contributed by atoms with Crippen LogP contribution in [0, 0.1) is 13.8 Å². The van der Waals surface area contributed by atoms with Gasteiger partial charge in [0.15, 0.2) is 0 Å². The Morgan fingerprint density at radius 2 is 1.29 bits per heavy atom. The van der Waals surface area contributed by atoms with Gasteiger partial charge in [-0.25, -0.2) is 0 Å². The highest BCUT2D eigenvalue weighted by molar-refractivity contribution is 5.58. The smallest absolute Gasteiger partial charge is 0.0407 e. The van der Waals surface area contributed by atoms with Gasteiger partial charge in [-0.05, 0) is 48.2 Å². The van der Waals surface area contributed by atoms with Crippen molar-refractivity contribution in [3.63, 3.8) is 0 Å². The van der Waals surface area contributed by atoms with E-state index in [-0.39, 0.29) is 0 Å². The van der Waals surface area contributed by atoms with E-state index < -0.39 is 0 Å². The molecule has 0 aliphatic carbocycles. The van der Waals surface area contributed by atoms with E-state index in [1.54, 1.807) is 26.0 Å². The third kappa shape index (κ3) is 1.95. The van der Waals surface area contributed by atoms with Crippen LogP contribution in [0.3, 0.4) is 0 Å². The molecule has 0 saturated carbocycles. The number of hydrogen-bond donors (Lipinski definition) is 0. The van der Waals surface area contributed by atoms with Crippen LogP contribution in [0.5, 0.6) is 0 Å². The van der Waals surface area contributed by atoms with Crippen LogP contribution in [0.1, 0.15) is 11.1 Å². The van der Waals surface area contributed by atoms with E-state index in [2.05, 4.69) is 20.1 Å². The third-order valence-electron chi connectivity index (χ3n) is 1.82. The van der Waals surface area contributed by atoms with Gasteiger partial charge in [0, 0.05) is 21.2 Å². The van der Waals surface area contributed by atoms with E-state index in [1.165, 1.54) is 0 Å². The van der Waals surface area contributed by atoms with Crippen LogP contribution in [0.2, 0.25) is 0 Å². The van der Waals surface area contributed by atoms with Crippen molar-refractivity contribution in [1.29, 1.82) is 0 Å². The van der Waals surface area contributed by atoms with Gasteiger partial charge in [-0.2, -0.15) is 0 Å². The Morgan fingerprint density at radius 3 is 1.57 bits per heavy atom. The summed E-state index contributed by atoms with van der Waals surface area (Å²) in [6, 6.07) is 3.39. The molecule has 6 nitrogen and oxygen atoms in total. The largest absolute Gasteiger partial charge is 0.0605 e. The lowest BCUT2D eigenvalue weighted by Crippen LogP contribution is -1.78. The van der Waals surface area contributed by atoms with Gasteiger partial charge in [0.25, 0.3) is 0 Å². The first-order valence-corrected chi connectivity index (χ1v) is 3.90. The number of benzene rings is 1. The first kappa shape index (κ1) is 9.92. The Labute approximate surface area is 80.4 Å². The lowest BCUT2D eigenvalue weighted by Gasteiger charge is -2.03. The van der Waals surface area contributed by atoms with Crippen molar-refractivity contribution >= 4 is 11.4 Å². The third-order valence-corrected chi connectivity index (χ3v) is 1.82. The Hall–Kier alpha value is -2.16. The molecule has 0 fully saturated rings. The summed E-state index contributed by atoms with van der Waals surface area (Å²) in [5.74, 6) is 0. The number of rotatable bonds is 2. The molecule has 1 aromatic carbocycles. The summed E-state index contributed by atoms with van der Waals surface area (Å²) in [7, 11) is 0. The molecular formula is C8H8N6. The van der Waals surface area contributed by atoms with Gasteiger partial charge in [-0.15, -0.1) is 0 Å². The molecule has 0 aliphatic heterocycles. The van der Waals surface area contributed by atoms with Crippen LogP contribution in [0.4, 0.5) is 11.4 Å². The number of azide groups is 2. The molecule has 70 valence electrons. The molecule has 14 heavy (non-hydrogen) atoms. The molecule has 0 saturated heterocycles. The predicted octanol–water partition coefficient (Wildman–Crippen LogP) is 4.19. The molecule has 0 unspecified atom stereocenters. The maximum absolute atomic E-state index is 8.28. The molecule has 0 heterocycles. The van der Waals surface area contributed by atoms with Gasteiger partial charge in [0.05, 0.1) is 0 Å². The summed E-state index contributed by atoms with van der Waals surface area (Å²) in [6.07, 6.45) is 0. The summed E-state index contributed by atoms with van der Waals surface area (Å²) in [5, 5.41) is 7.03. The minimum Gasteiger partial charge on any atom is -0.0605 e. The van der Waals surface area contributed by atoms with Crippen molar-refractivity contribution < 1.29 is 0 Å². The van der Waals surface area contributed by atoms with Gasteiger partial charge in [-0.3, -0.25) is 0 Å². The van der Waals surface area contributed by atoms with E-state index in [0.29, 0.717) is 11.4 Å². The van der Waals surface area contributed by atoms with Gasteiger partial charge in [-0.1, -0.05) is 10.2 Å². The lowest BCUT2D eigenvalue weighted by atomic mass is 10.1. The standard InChI is InChI=1S/C8H8N6/c1-5-3-8(12-14-10)6(2)4-7(5)11-13-9/h3-4H,1-2H3. The zero-order chi connectivity index (χ0) is 10.6. The van der Waals surface area contributed by atoms with Crippen molar-refractivity contribution in [3.05, 3.63) is 44.1 Å². The number of nitrogens with zero attached hydrogens (tertiary/aromatic N) is 6. The summed E-state index contributed by atoms with van der Waals surface area (Å²) < 4.78 is 0. The second kappa shape index (κ2) is 4.18. The highest BCUT2D eigenvalue weighted by Crippen LogP contribution is 2.28. The average Bonchev–Trinajstić information content (AvgIpc) is 2.14. The molecule has 0 radical (unpaired) electrons. The average molecular weight is 188 g/mol. The highest BCUT2D eigenvalue weighted by Gasteiger charge is 2.01. The molecule has 0 amide bonds. The second-order valence-electron chi connectivity index (χ2n) is 2.80. The minimum atomic E-state index is 0.557. The Balaban J connectivity index is 3.37. The quantitative estimate of drug-likeness (QED) is 0.377. The van der Waals surface area contributed by atoms with Crippen molar-refractivity contribution in [3.8, 4) is 0 Å². The lowest BCUT2D eigenvalue weighted by molar-refractivity contribution is 1.30. The van der Waals surface area contributed by atoms with Crippen molar-refractivity contribution in [2.45, 2.75) is 13.8 Å². The van der Waals surface area contributed by atoms with E-state index in [1.807, 2.05) is 0 Å². The Kier molecular flexibility index (Phi) is 2.97. The van der Waals surface area contributed by atoms with Crippen LogP contribution >= 0.6 is 0 Å². The van der Waals surface area contributed by atoms with Crippen LogP contribution in [-0.2, 0) is 0 Å². The molecule has 0 atom stereocenters. The zero-order valence-electron chi connectivity index (χ0n) is 7.84. The van der Waals surface area contributed by atoms with Crippen LogP contribution in [-0.4, -0.2) is 0 Å². The SMILES string of the molecule is Cc1cc(N=[N+]=[N-])c(C)cc1N=[N+]=[N-]. The van der Waals surface area contributed by atoms with Gasteiger partial charge in [0.1, 0.15) is 0 Å². The predicted molar refractivity (Wildman–Crippen MR) is 53.5 cm³/mol. The molecule has 1 aromatic rings. The Bertz CT molecular complexity index is 407. The molecule has 0 spiro atoms. The molecule has 0 aromatic heterocycles. The van der Waals surface area contributed by atoms with Crippen molar-refractivity contribution in [1.82, 2.24) is 0 Å². The Morgan fingerprint density at radius 1 is 0.929 bits per heavy atom. The maximum Gasteiger partial charge on any atom is 0.0407 e. The van der Waals surface area contributed by atoms with Crippen molar-refractivity contribution in [2.24, 2.45) is 10.2 Å². The zero-order valence-corrected chi connectivity index (χ0v) is 7.84. The number of aryl methyl sites for hydroxylation is 2. The first-order valence-electron chi connectivity index (χ1n) is 3.90. The summed E-state index contributed by atoms with van der Waals surface area (Å²) in [4.78, 5) is 5.41. The van der Waals surface area contributed by atoms with Gasteiger partial charge in [0.2, 0.25) is 0 Å². The normalized spacial score (nSPS) is 8.71. The van der Waals surface area contributed by atoms with Crippen LogP contribution < -0.4 is 0 Å². The van der Waals surface area contributed by atoms with E-state index in [0.717, 1.165) is 11.1 Å². The van der Waals surface area contributed by atoms with Crippen LogP contribution in [0.25, 0.3) is 20.9 Å². The maximum atomic E-state index is 8.28. The topological polar surface area (TPSA) is 97.5 Å². The van der Waals surface area contributed by atoms with Gasteiger partial charge < -0.3 is 0 Å². The molecule has 0 N–H and O–H groups in total. The molecule has 6 heteroatoms. The second-order valence-corrected chi connectivity index (χ2v) is 2.80. The fraction of sp³-hybridized carbons (Fsp3) is 0.250. The van der Waals surface area contributed by atoms with Crippen molar-refractivity contribution in [2.75, 3.05) is 0 Å². The van der Waals surface area contributed by atoms with E-state index in [4.69, 9.17) is 11.1 Å². The molecule has 0 aliphatic rings. The summed E-state index contributed by atoms with van der Waals surface area (Å²) in [6.45, 7) is 3.58. The fourth-order valence-electron chi connectivity index (χ4n) is 1.10. The molecular weight excluding hydrogens is 180 g/mol. The van der Waals surface area contributed by atoms with E-state index >= 15 is 0 Å². The molecule has 1 rings (SSSR count). The van der Waals surface area contributed by atoms with E-state index in [9.17, 15) is 0 Å². The first-order chi connectivity index (χ1) is 6.69. The van der Waals surface area contributed by atoms with Gasteiger partial charge >= 0.3 is 0 Å². The molecule has 0 bridgehead atoms. The summed E-state index contributed by atoms with van der Waals surface area (Å²) in [5.41, 5.74) is 19.3. The minimum absolute atomic E-state index is 0.557. The van der Waals surface area contributed by atoms with Crippen LogP contribution in [0.15, 0.2) is 22.4 Å². The monoisotopic (exact) mass is 188 g/mol. The summed E-state index contributed by atoms with van der Waals surface area (Å²) >= 11 is 0. The fourth-order valence-corrected chi connectivity index (χ4v) is 1.10. The highest BCUT2D eigenvalue weighted by atomic mass is 15.1.